The van der Waals surface area contributed by atoms with Crippen molar-refractivity contribution in [1.82, 2.24) is 10.6 Å². The second-order valence-corrected chi connectivity index (χ2v) is 7.84. The molecule has 1 aliphatic heterocycles. The van der Waals surface area contributed by atoms with Crippen molar-refractivity contribution < 1.29 is 4.79 Å². The third-order valence-corrected chi connectivity index (χ3v) is 6.74. The maximum Gasteiger partial charge on any atom is 0.223 e. The van der Waals surface area contributed by atoms with Crippen LogP contribution in [0.3, 0.4) is 0 Å². The second kappa shape index (κ2) is 6.08. The van der Waals surface area contributed by atoms with Gasteiger partial charge in [-0.25, -0.2) is 0 Å². The van der Waals surface area contributed by atoms with Gasteiger partial charge in [-0.3, -0.25) is 4.79 Å². The number of hydrogen-bond acceptors (Lipinski definition) is 2. The molecule has 0 aromatic rings. The van der Waals surface area contributed by atoms with Gasteiger partial charge in [0.1, 0.15) is 0 Å². The fourth-order valence-corrected chi connectivity index (χ4v) is 5.33. The maximum absolute atomic E-state index is 12.5. The molecular formula is C17H29ClN2O. The number of hydrogen-bond donors (Lipinski definition) is 2. The number of amides is 1. The van der Waals surface area contributed by atoms with E-state index in [1.807, 2.05) is 0 Å². The van der Waals surface area contributed by atoms with Gasteiger partial charge in [-0.2, -0.15) is 0 Å². The van der Waals surface area contributed by atoms with Gasteiger partial charge in [0.2, 0.25) is 5.91 Å². The molecule has 1 spiro atoms. The highest BCUT2D eigenvalue weighted by molar-refractivity contribution is 5.85. The molecule has 1 amide bonds. The predicted octanol–water partition coefficient (Wildman–Crippen LogP) is 2.88. The summed E-state index contributed by atoms with van der Waals surface area (Å²) in [5, 5.41) is 6.82. The van der Waals surface area contributed by atoms with Crippen LogP contribution in [0.4, 0.5) is 0 Å². The van der Waals surface area contributed by atoms with Crippen LogP contribution in [-0.2, 0) is 4.79 Å². The number of nitrogens with one attached hydrogen (secondary N) is 2. The monoisotopic (exact) mass is 312 g/mol. The van der Waals surface area contributed by atoms with Crippen LogP contribution in [0.15, 0.2) is 0 Å². The first-order chi connectivity index (χ1) is 9.77. The molecule has 4 heteroatoms. The number of rotatable bonds is 2. The summed E-state index contributed by atoms with van der Waals surface area (Å²) >= 11 is 0. The Morgan fingerprint density at radius 2 is 1.81 bits per heavy atom. The number of halogens is 1. The highest BCUT2D eigenvalue weighted by Crippen LogP contribution is 2.58. The van der Waals surface area contributed by atoms with Crippen molar-refractivity contribution in [2.24, 2.45) is 23.2 Å². The van der Waals surface area contributed by atoms with E-state index in [0.717, 1.165) is 31.3 Å². The van der Waals surface area contributed by atoms with Gasteiger partial charge in [-0.05, 0) is 68.9 Å². The van der Waals surface area contributed by atoms with E-state index in [0.29, 0.717) is 23.3 Å². The Bertz CT molecular complexity index is 394. The van der Waals surface area contributed by atoms with E-state index in [9.17, 15) is 4.79 Å². The lowest BCUT2D eigenvalue weighted by Crippen LogP contribution is -2.42. The van der Waals surface area contributed by atoms with Crippen molar-refractivity contribution in [2.75, 3.05) is 13.1 Å². The summed E-state index contributed by atoms with van der Waals surface area (Å²) < 4.78 is 0. The molecule has 21 heavy (non-hydrogen) atoms. The third-order valence-electron chi connectivity index (χ3n) is 6.74. The SMILES string of the molecule is Cl.O=C(NC1CCC2CCCC2C1)C1CC12CCNCC2. The van der Waals surface area contributed by atoms with Crippen LogP contribution in [0.5, 0.6) is 0 Å². The maximum atomic E-state index is 12.5. The first-order valence-electron chi connectivity index (χ1n) is 8.78. The van der Waals surface area contributed by atoms with Crippen LogP contribution in [0.2, 0.25) is 0 Å². The van der Waals surface area contributed by atoms with Crippen molar-refractivity contribution in [1.29, 1.82) is 0 Å². The lowest BCUT2D eigenvalue weighted by atomic mass is 9.79. The molecule has 0 bridgehead atoms. The first kappa shape index (κ1) is 15.6. The van der Waals surface area contributed by atoms with Crippen molar-refractivity contribution in [3.8, 4) is 0 Å². The Morgan fingerprint density at radius 3 is 2.62 bits per heavy atom. The van der Waals surface area contributed by atoms with Gasteiger partial charge in [0.15, 0.2) is 0 Å². The number of piperidine rings is 1. The van der Waals surface area contributed by atoms with Gasteiger partial charge in [0.25, 0.3) is 0 Å². The van der Waals surface area contributed by atoms with E-state index in [-0.39, 0.29) is 12.4 Å². The zero-order valence-electron chi connectivity index (χ0n) is 12.9. The number of fused-ring (bicyclic) bond motifs is 1. The topological polar surface area (TPSA) is 41.1 Å². The molecule has 4 fully saturated rings. The van der Waals surface area contributed by atoms with Gasteiger partial charge in [0.05, 0.1) is 0 Å². The predicted molar refractivity (Wildman–Crippen MR) is 86.5 cm³/mol. The summed E-state index contributed by atoms with van der Waals surface area (Å²) in [5.41, 5.74) is 0.389. The molecule has 120 valence electrons. The van der Waals surface area contributed by atoms with E-state index in [1.54, 1.807) is 0 Å². The number of carbonyl (C=O) groups is 1. The molecule has 0 aromatic heterocycles. The normalized spacial score (nSPS) is 40.2. The fraction of sp³-hybridized carbons (Fsp3) is 0.941. The average Bonchev–Trinajstić information content (AvgIpc) is 2.96. The quantitative estimate of drug-likeness (QED) is 0.823. The van der Waals surface area contributed by atoms with Crippen LogP contribution in [-0.4, -0.2) is 25.0 Å². The van der Waals surface area contributed by atoms with E-state index < -0.39 is 0 Å². The summed E-state index contributed by atoms with van der Waals surface area (Å²) in [6.45, 7) is 2.22. The molecule has 1 heterocycles. The summed E-state index contributed by atoms with van der Waals surface area (Å²) in [7, 11) is 0. The van der Waals surface area contributed by atoms with Crippen LogP contribution in [0, 0.1) is 23.2 Å². The van der Waals surface area contributed by atoms with Gasteiger partial charge in [-0.1, -0.05) is 19.3 Å². The lowest BCUT2D eigenvalue weighted by molar-refractivity contribution is -0.124. The molecular weight excluding hydrogens is 284 g/mol. The van der Waals surface area contributed by atoms with Crippen LogP contribution in [0.25, 0.3) is 0 Å². The molecule has 0 aromatic carbocycles. The zero-order chi connectivity index (χ0) is 13.6. The van der Waals surface area contributed by atoms with E-state index in [1.165, 1.54) is 51.4 Å². The van der Waals surface area contributed by atoms with E-state index in [2.05, 4.69) is 10.6 Å². The minimum Gasteiger partial charge on any atom is -0.353 e. The highest BCUT2D eigenvalue weighted by Gasteiger charge is 2.57. The van der Waals surface area contributed by atoms with Crippen LogP contribution >= 0.6 is 12.4 Å². The Morgan fingerprint density at radius 1 is 1.05 bits per heavy atom. The van der Waals surface area contributed by atoms with Gasteiger partial charge in [-0.15, -0.1) is 12.4 Å². The van der Waals surface area contributed by atoms with Gasteiger partial charge in [0, 0.05) is 12.0 Å². The van der Waals surface area contributed by atoms with Crippen molar-refractivity contribution in [2.45, 2.75) is 63.8 Å². The molecule has 4 rings (SSSR count). The Hall–Kier alpha value is -0.280. The number of carbonyl (C=O) groups excluding carboxylic acids is 1. The summed E-state index contributed by atoms with van der Waals surface area (Å²) in [6, 6.07) is 0.487. The zero-order valence-corrected chi connectivity index (χ0v) is 13.7. The van der Waals surface area contributed by atoms with E-state index >= 15 is 0 Å². The third kappa shape index (κ3) is 2.96. The molecule has 4 aliphatic rings. The summed E-state index contributed by atoms with van der Waals surface area (Å²) in [6.07, 6.45) is 11.7. The fourth-order valence-electron chi connectivity index (χ4n) is 5.33. The Kier molecular flexibility index (Phi) is 4.52. The molecule has 3 aliphatic carbocycles. The molecule has 3 nitrogen and oxygen atoms in total. The Labute approximate surface area is 134 Å². The Balaban J connectivity index is 0.00000132. The molecule has 2 N–H and O–H groups in total. The minimum absolute atomic E-state index is 0. The molecule has 0 radical (unpaired) electrons. The van der Waals surface area contributed by atoms with Gasteiger partial charge >= 0.3 is 0 Å². The first-order valence-corrected chi connectivity index (χ1v) is 8.78. The van der Waals surface area contributed by atoms with Crippen molar-refractivity contribution >= 4 is 18.3 Å². The van der Waals surface area contributed by atoms with E-state index in [4.69, 9.17) is 0 Å². The van der Waals surface area contributed by atoms with Gasteiger partial charge < -0.3 is 10.6 Å². The highest BCUT2D eigenvalue weighted by atomic mass is 35.5. The summed E-state index contributed by atoms with van der Waals surface area (Å²) in [4.78, 5) is 12.5. The largest absolute Gasteiger partial charge is 0.353 e. The summed E-state index contributed by atoms with van der Waals surface area (Å²) in [5.74, 6) is 2.63. The minimum atomic E-state index is 0. The molecule has 4 unspecified atom stereocenters. The van der Waals surface area contributed by atoms with Crippen molar-refractivity contribution in [3.63, 3.8) is 0 Å². The average molecular weight is 313 g/mol. The smallest absolute Gasteiger partial charge is 0.223 e. The molecule has 4 atom stereocenters. The second-order valence-electron chi connectivity index (χ2n) is 7.84. The molecule has 3 saturated carbocycles. The van der Waals surface area contributed by atoms with Crippen LogP contribution < -0.4 is 10.6 Å². The standard InChI is InChI=1S/C17H28N2O.ClH/c20-16(15-11-17(15)6-8-18-9-7-17)19-14-5-4-12-2-1-3-13(12)10-14;/h12-15,18H,1-11H2,(H,19,20);1H. The lowest BCUT2D eigenvalue weighted by Gasteiger charge is -2.32. The molecule has 1 saturated heterocycles. The van der Waals surface area contributed by atoms with Crippen LogP contribution in [0.1, 0.15) is 57.8 Å². The van der Waals surface area contributed by atoms with Crippen molar-refractivity contribution in [3.05, 3.63) is 0 Å².